The van der Waals surface area contributed by atoms with Gasteiger partial charge in [-0.25, -0.2) is 0 Å². The van der Waals surface area contributed by atoms with E-state index in [1.807, 2.05) is 38.2 Å². The first-order chi connectivity index (χ1) is 9.10. The van der Waals surface area contributed by atoms with Gasteiger partial charge in [0.1, 0.15) is 11.4 Å². The molecule has 0 aliphatic carbocycles. The Hall–Kier alpha value is -2.30. The van der Waals surface area contributed by atoms with E-state index in [2.05, 4.69) is 10.4 Å². The number of aryl methyl sites for hydroxylation is 2. The summed E-state index contributed by atoms with van der Waals surface area (Å²) < 4.78 is 6.82. The number of benzene rings is 1. The molecule has 0 aliphatic rings. The fraction of sp³-hybridized carbons (Fsp3) is 0.286. The third-order valence-corrected chi connectivity index (χ3v) is 2.93. The van der Waals surface area contributed by atoms with Gasteiger partial charge >= 0.3 is 0 Å². The van der Waals surface area contributed by atoms with Crippen LogP contribution in [0, 0.1) is 6.92 Å². The molecule has 0 radical (unpaired) electrons. The van der Waals surface area contributed by atoms with Crippen molar-refractivity contribution in [1.29, 1.82) is 0 Å². The number of hydrogen-bond donors (Lipinski definition) is 1. The van der Waals surface area contributed by atoms with Crippen LogP contribution in [0.1, 0.15) is 21.7 Å². The predicted octanol–water partition coefficient (Wildman–Crippen LogP) is 1.67. The molecular formula is C14H17N3O2. The summed E-state index contributed by atoms with van der Waals surface area (Å²) in [6, 6.07) is 9.36. The standard InChI is InChI=1S/C14H17N3O2/c1-10-7-13(16-17(10)2)14(18)15-9-11-5-4-6-12(8-11)19-3/h4-8H,9H2,1-3H3,(H,15,18). The molecule has 0 bridgehead atoms. The van der Waals surface area contributed by atoms with Crippen LogP contribution in [-0.2, 0) is 13.6 Å². The Morgan fingerprint density at radius 2 is 2.21 bits per heavy atom. The zero-order chi connectivity index (χ0) is 13.8. The molecule has 0 saturated carbocycles. The minimum atomic E-state index is -0.175. The first kappa shape index (κ1) is 13.1. The zero-order valence-corrected chi connectivity index (χ0v) is 11.3. The van der Waals surface area contributed by atoms with Crippen molar-refractivity contribution >= 4 is 5.91 Å². The van der Waals surface area contributed by atoms with Crippen LogP contribution in [0.2, 0.25) is 0 Å². The van der Waals surface area contributed by atoms with Gasteiger partial charge in [-0.05, 0) is 30.7 Å². The smallest absolute Gasteiger partial charge is 0.272 e. The van der Waals surface area contributed by atoms with Crippen molar-refractivity contribution in [2.45, 2.75) is 13.5 Å². The lowest BCUT2D eigenvalue weighted by molar-refractivity contribution is 0.0945. The molecule has 0 unspecified atom stereocenters. The van der Waals surface area contributed by atoms with E-state index in [9.17, 15) is 4.79 Å². The Morgan fingerprint density at radius 3 is 2.84 bits per heavy atom. The second kappa shape index (κ2) is 5.56. The number of nitrogens with zero attached hydrogens (tertiary/aromatic N) is 2. The summed E-state index contributed by atoms with van der Waals surface area (Å²) in [5, 5.41) is 6.97. The van der Waals surface area contributed by atoms with Gasteiger partial charge in [0.2, 0.25) is 0 Å². The summed E-state index contributed by atoms with van der Waals surface area (Å²) in [6.07, 6.45) is 0. The molecule has 0 saturated heterocycles. The highest BCUT2D eigenvalue weighted by atomic mass is 16.5. The molecule has 100 valence electrons. The average molecular weight is 259 g/mol. The highest BCUT2D eigenvalue weighted by molar-refractivity contribution is 5.92. The number of aromatic nitrogens is 2. The van der Waals surface area contributed by atoms with E-state index >= 15 is 0 Å². The van der Waals surface area contributed by atoms with Gasteiger partial charge in [-0.1, -0.05) is 12.1 Å². The second-order valence-electron chi connectivity index (χ2n) is 4.33. The molecular weight excluding hydrogens is 242 g/mol. The molecule has 19 heavy (non-hydrogen) atoms. The number of rotatable bonds is 4. The molecule has 1 heterocycles. The number of hydrogen-bond acceptors (Lipinski definition) is 3. The molecule has 0 fully saturated rings. The van der Waals surface area contributed by atoms with E-state index in [4.69, 9.17) is 4.74 Å². The maximum Gasteiger partial charge on any atom is 0.272 e. The summed E-state index contributed by atoms with van der Waals surface area (Å²) in [7, 11) is 3.43. The van der Waals surface area contributed by atoms with Crippen molar-refractivity contribution in [1.82, 2.24) is 15.1 Å². The average Bonchev–Trinajstić information content (AvgIpc) is 2.76. The van der Waals surface area contributed by atoms with Crippen LogP contribution in [0.3, 0.4) is 0 Å². The first-order valence-corrected chi connectivity index (χ1v) is 6.02. The van der Waals surface area contributed by atoms with Crippen molar-refractivity contribution in [2.24, 2.45) is 7.05 Å². The predicted molar refractivity (Wildman–Crippen MR) is 72.1 cm³/mol. The molecule has 1 N–H and O–H groups in total. The van der Waals surface area contributed by atoms with Gasteiger partial charge in [-0.15, -0.1) is 0 Å². The second-order valence-corrected chi connectivity index (χ2v) is 4.33. The normalized spacial score (nSPS) is 10.3. The van der Waals surface area contributed by atoms with Crippen LogP contribution >= 0.6 is 0 Å². The van der Waals surface area contributed by atoms with Crippen molar-refractivity contribution in [3.8, 4) is 5.75 Å². The van der Waals surface area contributed by atoms with Crippen molar-refractivity contribution < 1.29 is 9.53 Å². The van der Waals surface area contributed by atoms with E-state index in [1.165, 1.54) is 0 Å². The van der Waals surface area contributed by atoms with Crippen LogP contribution in [0.4, 0.5) is 0 Å². The van der Waals surface area contributed by atoms with E-state index in [1.54, 1.807) is 17.9 Å². The van der Waals surface area contributed by atoms with Crippen molar-refractivity contribution in [2.75, 3.05) is 7.11 Å². The lowest BCUT2D eigenvalue weighted by atomic mass is 10.2. The molecule has 1 amide bonds. The lowest BCUT2D eigenvalue weighted by Gasteiger charge is -2.05. The highest BCUT2D eigenvalue weighted by Gasteiger charge is 2.10. The van der Waals surface area contributed by atoms with Crippen LogP contribution < -0.4 is 10.1 Å². The number of nitrogens with one attached hydrogen (secondary N) is 1. The van der Waals surface area contributed by atoms with Crippen LogP contribution in [0.5, 0.6) is 5.75 Å². The van der Waals surface area contributed by atoms with Gasteiger partial charge in [-0.3, -0.25) is 9.48 Å². The fourth-order valence-corrected chi connectivity index (χ4v) is 1.73. The number of carbonyl (C=O) groups is 1. The molecule has 2 rings (SSSR count). The van der Waals surface area contributed by atoms with E-state index in [0.29, 0.717) is 12.2 Å². The Labute approximate surface area is 112 Å². The van der Waals surface area contributed by atoms with E-state index in [-0.39, 0.29) is 5.91 Å². The fourth-order valence-electron chi connectivity index (χ4n) is 1.73. The highest BCUT2D eigenvalue weighted by Crippen LogP contribution is 2.12. The van der Waals surface area contributed by atoms with Crippen LogP contribution in [-0.4, -0.2) is 22.8 Å². The van der Waals surface area contributed by atoms with Gasteiger partial charge in [0, 0.05) is 19.3 Å². The number of ether oxygens (including phenoxy) is 1. The summed E-state index contributed by atoms with van der Waals surface area (Å²) in [5.41, 5.74) is 2.37. The third kappa shape index (κ3) is 3.13. The van der Waals surface area contributed by atoms with E-state index < -0.39 is 0 Å². The molecule has 5 heteroatoms. The number of carbonyl (C=O) groups excluding carboxylic acids is 1. The quantitative estimate of drug-likeness (QED) is 0.908. The summed E-state index contributed by atoms with van der Waals surface area (Å²) in [4.78, 5) is 11.9. The number of amides is 1. The Balaban J connectivity index is 2.00. The molecule has 1 aromatic carbocycles. The largest absolute Gasteiger partial charge is 0.497 e. The topological polar surface area (TPSA) is 56.1 Å². The zero-order valence-electron chi connectivity index (χ0n) is 11.3. The summed E-state index contributed by atoms with van der Waals surface area (Å²) >= 11 is 0. The minimum Gasteiger partial charge on any atom is -0.497 e. The molecule has 1 aromatic heterocycles. The van der Waals surface area contributed by atoms with Crippen LogP contribution in [0.25, 0.3) is 0 Å². The summed E-state index contributed by atoms with van der Waals surface area (Å²) in [6.45, 7) is 2.36. The monoisotopic (exact) mass is 259 g/mol. The molecule has 5 nitrogen and oxygen atoms in total. The Bertz CT molecular complexity index is 571. The maximum atomic E-state index is 11.9. The Morgan fingerprint density at radius 1 is 1.42 bits per heavy atom. The summed E-state index contributed by atoms with van der Waals surface area (Å²) in [5.74, 6) is 0.604. The van der Waals surface area contributed by atoms with Gasteiger partial charge in [-0.2, -0.15) is 5.10 Å². The molecule has 0 aliphatic heterocycles. The third-order valence-electron chi connectivity index (χ3n) is 2.93. The van der Waals surface area contributed by atoms with Gasteiger partial charge in [0.15, 0.2) is 0 Å². The minimum absolute atomic E-state index is 0.175. The molecule has 0 atom stereocenters. The SMILES string of the molecule is COc1cccc(CNC(=O)c2cc(C)n(C)n2)c1. The van der Waals surface area contributed by atoms with E-state index in [0.717, 1.165) is 17.0 Å². The van der Waals surface area contributed by atoms with Gasteiger partial charge in [0.25, 0.3) is 5.91 Å². The molecule has 2 aromatic rings. The van der Waals surface area contributed by atoms with Crippen molar-refractivity contribution in [3.05, 3.63) is 47.3 Å². The first-order valence-electron chi connectivity index (χ1n) is 6.02. The van der Waals surface area contributed by atoms with Gasteiger partial charge < -0.3 is 10.1 Å². The number of methoxy groups -OCH3 is 1. The van der Waals surface area contributed by atoms with Crippen molar-refractivity contribution in [3.63, 3.8) is 0 Å². The van der Waals surface area contributed by atoms with Gasteiger partial charge in [0.05, 0.1) is 7.11 Å². The molecule has 0 spiro atoms. The van der Waals surface area contributed by atoms with Crippen LogP contribution in [0.15, 0.2) is 30.3 Å². The maximum absolute atomic E-state index is 11.9. The Kier molecular flexibility index (Phi) is 3.85. The lowest BCUT2D eigenvalue weighted by Crippen LogP contribution is -2.23.